The van der Waals surface area contributed by atoms with E-state index in [9.17, 15) is 18.0 Å². The molecule has 2 atom stereocenters. The van der Waals surface area contributed by atoms with E-state index in [1.807, 2.05) is 0 Å². The first-order chi connectivity index (χ1) is 8.30. The van der Waals surface area contributed by atoms with Crippen LogP contribution in [0.25, 0.3) is 0 Å². The van der Waals surface area contributed by atoms with Crippen LogP contribution in [0.3, 0.4) is 0 Å². The van der Waals surface area contributed by atoms with Crippen LogP contribution < -0.4 is 0 Å². The normalized spacial score (nSPS) is 23.1. The van der Waals surface area contributed by atoms with Crippen molar-refractivity contribution in [2.24, 2.45) is 0 Å². The molecule has 1 saturated heterocycles. The van der Waals surface area contributed by atoms with Gasteiger partial charge in [-0.1, -0.05) is 0 Å². The largest absolute Gasteiger partial charge is 0.481 e. The van der Waals surface area contributed by atoms with Gasteiger partial charge in [-0.3, -0.25) is 9.69 Å². The Labute approximate surface area is 104 Å². The molecule has 0 aromatic carbocycles. The summed E-state index contributed by atoms with van der Waals surface area (Å²) in [5.41, 5.74) is 0. The maximum atomic E-state index is 12.7. The van der Waals surface area contributed by atoms with Crippen LogP contribution in [0.1, 0.15) is 25.7 Å². The van der Waals surface area contributed by atoms with Crippen molar-refractivity contribution >= 4 is 5.97 Å². The van der Waals surface area contributed by atoms with Crippen molar-refractivity contribution < 1.29 is 27.8 Å². The van der Waals surface area contributed by atoms with Crippen LogP contribution >= 0.6 is 0 Å². The molecular formula is C11H18F3NO3. The van der Waals surface area contributed by atoms with Crippen molar-refractivity contribution in [2.45, 2.75) is 44.0 Å². The Bertz CT molecular complexity index is 277. The van der Waals surface area contributed by atoms with Gasteiger partial charge in [-0.2, -0.15) is 13.2 Å². The van der Waals surface area contributed by atoms with Gasteiger partial charge in [0.15, 0.2) is 0 Å². The fraction of sp³-hybridized carbons (Fsp3) is 0.909. The van der Waals surface area contributed by atoms with Crippen LogP contribution in [0.5, 0.6) is 0 Å². The zero-order chi connectivity index (χ0) is 13.8. The lowest BCUT2D eigenvalue weighted by Gasteiger charge is -2.33. The first-order valence-electron chi connectivity index (χ1n) is 5.91. The highest BCUT2D eigenvalue weighted by Gasteiger charge is 2.44. The lowest BCUT2D eigenvalue weighted by Crippen LogP contribution is -2.48. The molecule has 0 bridgehead atoms. The van der Waals surface area contributed by atoms with Crippen molar-refractivity contribution in [3.05, 3.63) is 0 Å². The Morgan fingerprint density at radius 2 is 2.17 bits per heavy atom. The molecule has 7 heteroatoms. The van der Waals surface area contributed by atoms with Crippen molar-refractivity contribution in [3.8, 4) is 0 Å². The topological polar surface area (TPSA) is 49.8 Å². The molecule has 1 N–H and O–H groups in total. The van der Waals surface area contributed by atoms with E-state index < -0.39 is 24.6 Å². The lowest BCUT2D eigenvalue weighted by atomic mass is 10.1. The maximum Gasteiger partial charge on any atom is 0.404 e. The van der Waals surface area contributed by atoms with E-state index in [2.05, 4.69) is 0 Å². The van der Waals surface area contributed by atoms with Gasteiger partial charge in [-0.05, 0) is 26.3 Å². The number of halogens is 3. The average molecular weight is 269 g/mol. The van der Waals surface area contributed by atoms with E-state index in [1.165, 1.54) is 7.05 Å². The number of carboxylic acids is 1. The predicted molar refractivity (Wildman–Crippen MR) is 58.3 cm³/mol. The number of alkyl halides is 3. The van der Waals surface area contributed by atoms with Crippen molar-refractivity contribution in [1.29, 1.82) is 0 Å². The minimum atomic E-state index is -4.54. The molecule has 0 saturated carbocycles. The van der Waals surface area contributed by atoms with E-state index in [4.69, 9.17) is 9.84 Å². The SMILES string of the molecule is CN(CC1CCCCO1)C(CC(=O)O)C(F)(F)F. The van der Waals surface area contributed by atoms with Crippen molar-refractivity contribution in [2.75, 3.05) is 20.2 Å². The third-order valence-corrected chi connectivity index (χ3v) is 3.04. The minimum Gasteiger partial charge on any atom is -0.481 e. The average Bonchev–Trinajstić information content (AvgIpc) is 2.25. The Kier molecular flexibility index (Phi) is 5.40. The maximum absolute atomic E-state index is 12.7. The molecule has 0 amide bonds. The van der Waals surface area contributed by atoms with Gasteiger partial charge in [0.25, 0.3) is 0 Å². The molecule has 106 valence electrons. The zero-order valence-corrected chi connectivity index (χ0v) is 10.2. The van der Waals surface area contributed by atoms with E-state index >= 15 is 0 Å². The summed E-state index contributed by atoms with van der Waals surface area (Å²) < 4.78 is 43.6. The lowest BCUT2D eigenvalue weighted by molar-refractivity contribution is -0.191. The quantitative estimate of drug-likeness (QED) is 0.828. The Hall–Kier alpha value is -0.820. The standard InChI is InChI=1S/C11H18F3NO3/c1-15(7-8-4-2-3-5-18-8)9(6-10(16)17)11(12,13)14/h8-9H,2-7H2,1H3,(H,16,17). The highest BCUT2D eigenvalue weighted by Crippen LogP contribution is 2.27. The first kappa shape index (κ1) is 15.2. The number of likely N-dealkylation sites (N-methyl/N-ethyl adjacent to an activating group) is 1. The summed E-state index contributed by atoms with van der Waals surface area (Å²) in [6.07, 6.45) is -3.12. The monoisotopic (exact) mass is 269 g/mol. The number of aliphatic carboxylic acids is 1. The van der Waals surface area contributed by atoms with Crippen LogP contribution in [0, 0.1) is 0 Å². The van der Waals surface area contributed by atoms with Crippen molar-refractivity contribution in [1.82, 2.24) is 4.90 Å². The summed E-state index contributed by atoms with van der Waals surface area (Å²) in [6.45, 7) is 0.672. The molecule has 2 unspecified atom stereocenters. The molecule has 1 aliphatic rings. The second-order valence-corrected chi connectivity index (χ2v) is 4.58. The molecule has 4 nitrogen and oxygen atoms in total. The molecule has 0 radical (unpaired) electrons. The molecule has 1 fully saturated rings. The summed E-state index contributed by atoms with van der Waals surface area (Å²) in [7, 11) is 1.29. The number of hydrogen-bond acceptors (Lipinski definition) is 3. The number of rotatable bonds is 5. The summed E-state index contributed by atoms with van der Waals surface area (Å²) in [5, 5.41) is 8.54. The number of hydrogen-bond donors (Lipinski definition) is 1. The van der Waals surface area contributed by atoms with E-state index in [0.29, 0.717) is 6.61 Å². The van der Waals surface area contributed by atoms with Gasteiger partial charge < -0.3 is 9.84 Å². The number of ether oxygens (including phenoxy) is 1. The third-order valence-electron chi connectivity index (χ3n) is 3.04. The molecule has 0 spiro atoms. The van der Waals surface area contributed by atoms with Gasteiger partial charge in [-0.15, -0.1) is 0 Å². The second-order valence-electron chi connectivity index (χ2n) is 4.58. The number of nitrogens with zero attached hydrogens (tertiary/aromatic N) is 1. The second kappa shape index (κ2) is 6.38. The molecule has 1 heterocycles. The van der Waals surface area contributed by atoms with Crippen molar-refractivity contribution in [3.63, 3.8) is 0 Å². The highest BCUT2D eigenvalue weighted by atomic mass is 19.4. The van der Waals surface area contributed by atoms with Gasteiger partial charge in [0.2, 0.25) is 0 Å². The number of carbonyl (C=O) groups is 1. The van der Waals surface area contributed by atoms with E-state index in [0.717, 1.165) is 24.2 Å². The van der Waals surface area contributed by atoms with Crippen LogP contribution in [0.2, 0.25) is 0 Å². The third kappa shape index (κ3) is 4.81. The van der Waals surface area contributed by atoms with E-state index in [-0.39, 0.29) is 12.6 Å². The Morgan fingerprint density at radius 3 is 2.61 bits per heavy atom. The predicted octanol–water partition coefficient (Wildman–Crippen LogP) is 1.89. The molecule has 0 aliphatic carbocycles. The fourth-order valence-corrected chi connectivity index (χ4v) is 2.09. The van der Waals surface area contributed by atoms with Gasteiger partial charge in [0.05, 0.1) is 12.5 Å². The first-order valence-corrected chi connectivity index (χ1v) is 5.91. The molecule has 1 aliphatic heterocycles. The highest BCUT2D eigenvalue weighted by molar-refractivity contribution is 5.67. The summed E-state index contributed by atoms with van der Waals surface area (Å²) in [6, 6.07) is -1.96. The number of carboxylic acid groups (broad SMARTS) is 1. The Morgan fingerprint density at radius 1 is 1.50 bits per heavy atom. The van der Waals surface area contributed by atoms with Crippen LogP contribution in [-0.2, 0) is 9.53 Å². The fourth-order valence-electron chi connectivity index (χ4n) is 2.09. The van der Waals surface area contributed by atoms with Crippen LogP contribution in [-0.4, -0.2) is 54.5 Å². The minimum absolute atomic E-state index is 0.109. The van der Waals surface area contributed by atoms with Gasteiger partial charge in [0, 0.05) is 13.2 Å². The summed E-state index contributed by atoms with van der Waals surface area (Å²) >= 11 is 0. The van der Waals surface area contributed by atoms with E-state index in [1.54, 1.807) is 0 Å². The van der Waals surface area contributed by atoms with Gasteiger partial charge in [-0.25, -0.2) is 0 Å². The molecule has 18 heavy (non-hydrogen) atoms. The van der Waals surface area contributed by atoms with Crippen LogP contribution in [0.4, 0.5) is 13.2 Å². The molecule has 0 aromatic heterocycles. The Balaban J connectivity index is 2.57. The molecular weight excluding hydrogens is 251 g/mol. The van der Waals surface area contributed by atoms with Gasteiger partial charge in [0.1, 0.15) is 6.04 Å². The zero-order valence-electron chi connectivity index (χ0n) is 10.2. The molecule has 1 rings (SSSR count). The molecule has 0 aromatic rings. The van der Waals surface area contributed by atoms with Crippen LogP contribution in [0.15, 0.2) is 0 Å². The smallest absolute Gasteiger partial charge is 0.404 e. The summed E-state index contributed by atoms with van der Waals surface area (Å²) in [5.74, 6) is -1.45. The van der Waals surface area contributed by atoms with Gasteiger partial charge >= 0.3 is 12.1 Å². The summed E-state index contributed by atoms with van der Waals surface area (Å²) in [4.78, 5) is 11.5.